The molecule has 0 amide bonds. The summed E-state index contributed by atoms with van der Waals surface area (Å²) in [6, 6.07) is 7.31. The number of anilines is 1. The Hall–Kier alpha value is -2.13. The second-order valence-electron chi connectivity index (χ2n) is 5.87. The third-order valence-corrected chi connectivity index (χ3v) is 4.08. The number of rotatable bonds is 3. The lowest BCUT2D eigenvalue weighted by atomic mass is 10.0. The van der Waals surface area contributed by atoms with Gasteiger partial charge in [-0.2, -0.15) is 5.26 Å². The Balaban J connectivity index is 2.10. The van der Waals surface area contributed by atoms with Crippen molar-refractivity contribution in [3.63, 3.8) is 0 Å². The van der Waals surface area contributed by atoms with Crippen molar-refractivity contribution in [2.24, 2.45) is 0 Å². The van der Waals surface area contributed by atoms with Crippen LogP contribution in [0.5, 0.6) is 0 Å². The van der Waals surface area contributed by atoms with Crippen molar-refractivity contribution in [1.82, 2.24) is 4.90 Å². The van der Waals surface area contributed by atoms with Gasteiger partial charge < -0.3 is 4.90 Å². The van der Waals surface area contributed by atoms with Gasteiger partial charge in [0, 0.05) is 44.0 Å². The molecule has 0 aliphatic carbocycles. The molecule has 112 valence electrons. The minimum atomic E-state index is -0.448. The smallest absolute Gasteiger partial charge is 0.269 e. The van der Waals surface area contributed by atoms with Crippen LogP contribution >= 0.6 is 0 Å². The standard InChI is InChI=1S/C15H20N4O2/c1-12-10-13(19(20)21)4-5-14(12)17-6-8-18(9-7-17)15(2,3)11-16/h4-5,10H,6-9H2,1-3H3. The summed E-state index contributed by atoms with van der Waals surface area (Å²) in [6.45, 7) is 9.04. The Morgan fingerprint density at radius 2 is 1.90 bits per heavy atom. The summed E-state index contributed by atoms with van der Waals surface area (Å²) in [6.07, 6.45) is 0. The van der Waals surface area contributed by atoms with Crippen LogP contribution in [-0.2, 0) is 0 Å². The van der Waals surface area contributed by atoms with Gasteiger partial charge in [-0.05, 0) is 32.4 Å². The molecule has 0 N–H and O–H groups in total. The van der Waals surface area contributed by atoms with Gasteiger partial charge in [0.2, 0.25) is 0 Å². The molecule has 0 radical (unpaired) electrons. The fraction of sp³-hybridized carbons (Fsp3) is 0.533. The van der Waals surface area contributed by atoms with E-state index in [0.717, 1.165) is 37.4 Å². The van der Waals surface area contributed by atoms with E-state index in [2.05, 4.69) is 15.9 Å². The predicted molar refractivity (Wildman–Crippen MR) is 81.3 cm³/mol. The van der Waals surface area contributed by atoms with Crippen LogP contribution in [0.25, 0.3) is 0 Å². The molecule has 0 spiro atoms. The van der Waals surface area contributed by atoms with E-state index in [1.807, 2.05) is 26.8 Å². The van der Waals surface area contributed by atoms with E-state index in [1.165, 1.54) is 0 Å². The highest BCUT2D eigenvalue weighted by atomic mass is 16.6. The maximum absolute atomic E-state index is 10.8. The normalized spacial score (nSPS) is 16.6. The molecular weight excluding hydrogens is 268 g/mol. The van der Waals surface area contributed by atoms with Gasteiger partial charge in [0.15, 0.2) is 0 Å². The monoisotopic (exact) mass is 288 g/mol. The van der Waals surface area contributed by atoms with E-state index in [1.54, 1.807) is 12.1 Å². The summed E-state index contributed by atoms with van der Waals surface area (Å²) in [5.41, 5.74) is 1.63. The number of hydrogen-bond acceptors (Lipinski definition) is 5. The summed E-state index contributed by atoms with van der Waals surface area (Å²) in [5, 5.41) is 20.0. The topological polar surface area (TPSA) is 73.4 Å². The highest BCUT2D eigenvalue weighted by molar-refractivity contribution is 5.57. The SMILES string of the molecule is Cc1cc([N+](=O)[O-])ccc1N1CCN(C(C)(C)C#N)CC1. The molecule has 1 heterocycles. The average molecular weight is 288 g/mol. The van der Waals surface area contributed by atoms with Gasteiger partial charge in [-0.15, -0.1) is 0 Å². The van der Waals surface area contributed by atoms with Crippen molar-refractivity contribution < 1.29 is 4.92 Å². The number of hydrogen-bond donors (Lipinski definition) is 0. The first-order chi connectivity index (χ1) is 9.85. The Morgan fingerprint density at radius 1 is 1.29 bits per heavy atom. The zero-order chi connectivity index (χ0) is 15.6. The molecule has 21 heavy (non-hydrogen) atoms. The van der Waals surface area contributed by atoms with Crippen LogP contribution in [0.15, 0.2) is 18.2 Å². The minimum absolute atomic E-state index is 0.125. The maximum atomic E-state index is 10.8. The zero-order valence-electron chi connectivity index (χ0n) is 12.7. The molecule has 1 aromatic carbocycles. The molecule has 0 atom stereocenters. The molecule has 1 aromatic rings. The van der Waals surface area contributed by atoms with Crippen LogP contribution < -0.4 is 4.90 Å². The van der Waals surface area contributed by atoms with E-state index >= 15 is 0 Å². The molecule has 0 bridgehead atoms. The number of piperazine rings is 1. The predicted octanol–water partition coefficient (Wildman–Crippen LogP) is 2.33. The first-order valence-corrected chi connectivity index (χ1v) is 7.01. The van der Waals surface area contributed by atoms with Crippen LogP contribution in [-0.4, -0.2) is 41.5 Å². The Bertz CT molecular complexity index is 584. The van der Waals surface area contributed by atoms with Crippen molar-refractivity contribution in [3.05, 3.63) is 33.9 Å². The molecule has 1 aliphatic rings. The maximum Gasteiger partial charge on any atom is 0.269 e. The number of nitrogens with zero attached hydrogens (tertiary/aromatic N) is 4. The van der Waals surface area contributed by atoms with Crippen LogP contribution in [0, 0.1) is 28.4 Å². The molecule has 0 aromatic heterocycles. The molecular formula is C15H20N4O2. The number of nitriles is 1. The number of aryl methyl sites for hydroxylation is 1. The van der Waals surface area contributed by atoms with E-state index in [-0.39, 0.29) is 10.6 Å². The third-order valence-electron chi connectivity index (χ3n) is 4.08. The second kappa shape index (κ2) is 5.70. The van der Waals surface area contributed by atoms with Crippen molar-refractivity contribution in [3.8, 4) is 6.07 Å². The van der Waals surface area contributed by atoms with Crippen molar-refractivity contribution in [2.75, 3.05) is 31.1 Å². The zero-order valence-corrected chi connectivity index (χ0v) is 12.7. The number of benzene rings is 1. The molecule has 2 rings (SSSR count). The van der Waals surface area contributed by atoms with E-state index in [9.17, 15) is 15.4 Å². The Labute approximate surface area is 124 Å². The van der Waals surface area contributed by atoms with E-state index in [0.29, 0.717) is 0 Å². The van der Waals surface area contributed by atoms with Crippen LogP contribution in [0.4, 0.5) is 11.4 Å². The van der Waals surface area contributed by atoms with Crippen molar-refractivity contribution in [1.29, 1.82) is 5.26 Å². The summed E-state index contributed by atoms with van der Waals surface area (Å²) in [4.78, 5) is 14.8. The van der Waals surface area contributed by atoms with Gasteiger partial charge in [-0.25, -0.2) is 0 Å². The molecule has 1 fully saturated rings. The molecule has 1 saturated heterocycles. The lowest BCUT2D eigenvalue weighted by Crippen LogP contribution is -2.54. The van der Waals surface area contributed by atoms with Gasteiger partial charge in [0.1, 0.15) is 5.54 Å². The second-order valence-corrected chi connectivity index (χ2v) is 5.87. The first-order valence-electron chi connectivity index (χ1n) is 7.01. The highest BCUT2D eigenvalue weighted by Gasteiger charge is 2.30. The lowest BCUT2D eigenvalue weighted by Gasteiger charge is -2.41. The number of nitro groups is 1. The van der Waals surface area contributed by atoms with E-state index < -0.39 is 5.54 Å². The summed E-state index contributed by atoms with van der Waals surface area (Å²) in [5.74, 6) is 0. The van der Waals surface area contributed by atoms with Crippen molar-refractivity contribution >= 4 is 11.4 Å². The highest BCUT2D eigenvalue weighted by Crippen LogP contribution is 2.26. The minimum Gasteiger partial charge on any atom is -0.369 e. The van der Waals surface area contributed by atoms with Gasteiger partial charge >= 0.3 is 0 Å². The van der Waals surface area contributed by atoms with Crippen LogP contribution in [0.2, 0.25) is 0 Å². The molecule has 6 nitrogen and oxygen atoms in total. The van der Waals surface area contributed by atoms with Crippen LogP contribution in [0.3, 0.4) is 0 Å². The third kappa shape index (κ3) is 3.14. The largest absolute Gasteiger partial charge is 0.369 e. The Morgan fingerprint density at radius 3 is 2.38 bits per heavy atom. The fourth-order valence-electron chi connectivity index (χ4n) is 2.69. The number of nitro benzene ring substituents is 1. The summed E-state index contributed by atoms with van der Waals surface area (Å²) < 4.78 is 0. The average Bonchev–Trinajstić information content (AvgIpc) is 2.47. The molecule has 6 heteroatoms. The quantitative estimate of drug-likeness (QED) is 0.630. The van der Waals surface area contributed by atoms with Gasteiger partial charge in [-0.3, -0.25) is 15.0 Å². The lowest BCUT2D eigenvalue weighted by molar-refractivity contribution is -0.384. The van der Waals surface area contributed by atoms with Crippen molar-refractivity contribution in [2.45, 2.75) is 26.3 Å². The summed E-state index contributed by atoms with van der Waals surface area (Å²) in [7, 11) is 0. The van der Waals surface area contributed by atoms with E-state index in [4.69, 9.17) is 0 Å². The molecule has 1 aliphatic heterocycles. The molecule has 0 unspecified atom stereocenters. The van der Waals surface area contributed by atoms with Crippen LogP contribution in [0.1, 0.15) is 19.4 Å². The fourth-order valence-corrected chi connectivity index (χ4v) is 2.69. The number of non-ortho nitro benzene ring substituents is 1. The Kier molecular flexibility index (Phi) is 4.14. The molecule has 0 saturated carbocycles. The van der Waals surface area contributed by atoms with Gasteiger partial charge in [0.25, 0.3) is 5.69 Å². The first kappa shape index (κ1) is 15.3. The van der Waals surface area contributed by atoms with Gasteiger partial charge in [-0.1, -0.05) is 0 Å². The summed E-state index contributed by atoms with van der Waals surface area (Å²) >= 11 is 0. The van der Waals surface area contributed by atoms with Gasteiger partial charge in [0.05, 0.1) is 11.0 Å².